The second-order valence-electron chi connectivity index (χ2n) is 13.8. The van der Waals surface area contributed by atoms with Crippen LogP contribution in [0.15, 0.2) is 109 Å². The van der Waals surface area contributed by atoms with Gasteiger partial charge in [0.05, 0.1) is 0 Å². The van der Waals surface area contributed by atoms with E-state index in [1.165, 1.54) is 11.0 Å². The van der Waals surface area contributed by atoms with Gasteiger partial charge in [0.15, 0.2) is 0 Å². The summed E-state index contributed by atoms with van der Waals surface area (Å²) in [6.07, 6.45) is 8.73. The van der Waals surface area contributed by atoms with Crippen LogP contribution in [0.2, 0.25) is 0 Å². The molecule has 1 aliphatic rings. The van der Waals surface area contributed by atoms with E-state index in [0.29, 0.717) is 32.2 Å². The SMILES string of the molecule is CN(CCc1ccncc1)C(=O)[C@]1(N(C)C(=O)[C@@H](Cc2ccc3ccccc3c2)N(C)C(=O)/C=C/CC(C)(C)N)CC1c1ccccc1. The van der Waals surface area contributed by atoms with Gasteiger partial charge >= 0.3 is 0 Å². The molecule has 3 amide bonds. The van der Waals surface area contributed by atoms with Crippen molar-refractivity contribution in [1.82, 2.24) is 19.7 Å². The third-order valence-corrected chi connectivity index (χ3v) is 9.51. The number of likely N-dealkylation sites (N-methyl/N-ethyl adjacent to an activating group) is 3. The monoisotopic (exact) mass is 645 g/mol. The highest BCUT2D eigenvalue weighted by Gasteiger charge is 2.65. The molecule has 250 valence electrons. The van der Waals surface area contributed by atoms with Gasteiger partial charge in [0.25, 0.3) is 0 Å². The number of amides is 3. The van der Waals surface area contributed by atoms with Gasteiger partial charge in [-0.2, -0.15) is 0 Å². The first kappa shape index (κ1) is 34.5. The number of benzene rings is 3. The normalized spacial score (nSPS) is 18.0. The van der Waals surface area contributed by atoms with Gasteiger partial charge in [-0.25, -0.2) is 0 Å². The van der Waals surface area contributed by atoms with Crippen molar-refractivity contribution >= 4 is 28.5 Å². The Hall–Kier alpha value is -4.82. The Balaban J connectivity index is 1.46. The predicted molar refractivity (Wildman–Crippen MR) is 191 cm³/mol. The molecular weight excluding hydrogens is 598 g/mol. The smallest absolute Gasteiger partial charge is 0.248 e. The molecule has 1 heterocycles. The molecule has 8 nitrogen and oxygen atoms in total. The van der Waals surface area contributed by atoms with Crippen LogP contribution in [0.25, 0.3) is 10.8 Å². The molecule has 0 spiro atoms. The summed E-state index contributed by atoms with van der Waals surface area (Å²) in [6.45, 7) is 4.29. The van der Waals surface area contributed by atoms with Crippen molar-refractivity contribution < 1.29 is 14.4 Å². The molecule has 1 unspecified atom stereocenters. The summed E-state index contributed by atoms with van der Waals surface area (Å²) in [7, 11) is 5.18. The molecule has 48 heavy (non-hydrogen) atoms. The highest BCUT2D eigenvalue weighted by molar-refractivity contribution is 5.99. The summed E-state index contributed by atoms with van der Waals surface area (Å²) >= 11 is 0. The van der Waals surface area contributed by atoms with Gasteiger partial charge in [-0.15, -0.1) is 0 Å². The first-order chi connectivity index (χ1) is 22.9. The molecule has 1 aromatic heterocycles. The quantitative estimate of drug-likeness (QED) is 0.197. The van der Waals surface area contributed by atoms with E-state index in [1.807, 2.05) is 92.7 Å². The Morgan fingerprint density at radius 1 is 0.917 bits per heavy atom. The topological polar surface area (TPSA) is 99.8 Å². The van der Waals surface area contributed by atoms with E-state index in [1.54, 1.807) is 49.4 Å². The van der Waals surface area contributed by atoms with Gasteiger partial charge in [-0.1, -0.05) is 78.9 Å². The summed E-state index contributed by atoms with van der Waals surface area (Å²) < 4.78 is 0. The Bertz CT molecular complexity index is 1770. The average Bonchev–Trinajstić information content (AvgIpc) is 3.85. The number of rotatable bonds is 13. The lowest BCUT2D eigenvalue weighted by molar-refractivity contribution is -0.150. The Labute approximate surface area is 284 Å². The molecule has 0 aliphatic heterocycles. The van der Waals surface area contributed by atoms with E-state index in [9.17, 15) is 14.4 Å². The fourth-order valence-corrected chi connectivity index (χ4v) is 6.49. The lowest BCUT2D eigenvalue weighted by Crippen LogP contribution is -2.57. The molecule has 4 aromatic rings. The number of fused-ring (bicyclic) bond motifs is 1. The van der Waals surface area contributed by atoms with Crippen molar-refractivity contribution in [3.63, 3.8) is 0 Å². The van der Waals surface area contributed by atoms with E-state index in [0.717, 1.165) is 27.5 Å². The Morgan fingerprint density at radius 2 is 1.58 bits per heavy atom. The van der Waals surface area contributed by atoms with Crippen molar-refractivity contribution in [2.45, 2.75) is 62.6 Å². The number of pyridine rings is 1. The summed E-state index contributed by atoms with van der Waals surface area (Å²) in [4.78, 5) is 51.7. The van der Waals surface area contributed by atoms with Crippen LogP contribution in [-0.2, 0) is 27.2 Å². The summed E-state index contributed by atoms with van der Waals surface area (Å²) in [5.41, 5.74) is 7.62. The van der Waals surface area contributed by atoms with Crippen LogP contribution in [0.5, 0.6) is 0 Å². The number of hydrogen-bond acceptors (Lipinski definition) is 5. The number of hydrogen-bond donors (Lipinski definition) is 1. The maximum Gasteiger partial charge on any atom is 0.248 e. The minimum atomic E-state index is -1.07. The maximum atomic E-state index is 14.8. The van der Waals surface area contributed by atoms with Crippen molar-refractivity contribution in [3.8, 4) is 0 Å². The summed E-state index contributed by atoms with van der Waals surface area (Å²) in [5.74, 6) is -0.847. The van der Waals surface area contributed by atoms with Crippen molar-refractivity contribution in [1.29, 1.82) is 0 Å². The van der Waals surface area contributed by atoms with Gasteiger partial charge in [0.2, 0.25) is 17.7 Å². The molecule has 1 fully saturated rings. The molecule has 1 saturated carbocycles. The Morgan fingerprint density at radius 3 is 2.27 bits per heavy atom. The zero-order valence-corrected chi connectivity index (χ0v) is 28.7. The number of nitrogens with zero attached hydrogens (tertiary/aromatic N) is 4. The van der Waals surface area contributed by atoms with Crippen LogP contribution < -0.4 is 5.73 Å². The van der Waals surface area contributed by atoms with E-state index < -0.39 is 17.1 Å². The second-order valence-corrected chi connectivity index (χ2v) is 13.8. The van der Waals surface area contributed by atoms with Gasteiger partial charge in [-0.3, -0.25) is 19.4 Å². The molecule has 5 rings (SSSR count). The molecule has 1 aliphatic carbocycles. The lowest BCUT2D eigenvalue weighted by Gasteiger charge is -2.37. The van der Waals surface area contributed by atoms with E-state index in [-0.39, 0.29) is 23.6 Å². The average molecular weight is 646 g/mol. The standard InChI is InChI=1S/C40H47N5O3/c1-39(2,41)22-11-16-36(46)44(4)35(27-30-17-18-31-12-9-10-15-33(31)26-30)37(47)45(5)40(28-34(40)32-13-7-6-8-14-32)38(48)43(3)25-21-29-19-23-42-24-20-29/h6-20,23-24,26,34-35H,21-22,25,27-28,41H2,1-5H3/b16-11+/t34?,35-,40+/m1/s1. The van der Waals surface area contributed by atoms with E-state index in [4.69, 9.17) is 5.73 Å². The molecule has 3 atom stereocenters. The molecule has 2 N–H and O–H groups in total. The predicted octanol–water partition coefficient (Wildman–Crippen LogP) is 5.37. The van der Waals surface area contributed by atoms with Crippen LogP contribution in [0, 0.1) is 0 Å². The van der Waals surface area contributed by atoms with Crippen LogP contribution in [0.3, 0.4) is 0 Å². The third-order valence-electron chi connectivity index (χ3n) is 9.51. The first-order valence-corrected chi connectivity index (χ1v) is 16.6. The highest BCUT2D eigenvalue weighted by atomic mass is 16.2. The van der Waals surface area contributed by atoms with Gasteiger partial charge in [0.1, 0.15) is 11.6 Å². The molecule has 0 bridgehead atoms. The zero-order valence-electron chi connectivity index (χ0n) is 28.7. The molecule has 8 heteroatoms. The largest absolute Gasteiger partial charge is 0.343 e. The summed E-state index contributed by atoms with van der Waals surface area (Å²) in [5, 5.41) is 2.16. The van der Waals surface area contributed by atoms with Gasteiger partial charge < -0.3 is 20.4 Å². The van der Waals surface area contributed by atoms with E-state index in [2.05, 4.69) is 11.1 Å². The van der Waals surface area contributed by atoms with Crippen LogP contribution in [0.1, 0.15) is 49.3 Å². The maximum absolute atomic E-state index is 14.8. The summed E-state index contributed by atoms with van der Waals surface area (Å²) in [6, 6.07) is 27.1. The zero-order chi connectivity index (χ0) is 34.5. The third kappa shape index (κ3) is 7.82. The molecule has 0 radical (unpaired) electrons. The van der Waals surface area contributed by atoms with Crippen LogP contribution >= 0.6 is 0 Å². The van der Waals surface area contributed by atoms with Crippen LogP contribution in [0.4, 0.5) is 0 Å². The molecule has 3 aromatic carbocycles. The van der Waals surface area contributed by atoms with E-state index >= 15 is 0 Å². The highest BCUT2D eigenvalue weighted by Crippen LogP contribution is 2.56. The fraction of sp³-hybridized carbons (Fsp3) is 0.350. The van der Waals surface area contributed by atoms with Crippen molar-refractivity contribution in [2.75, 3.05) is 27.7 Å². The number of carbonyl (C=O) groups is 3. The van der Waals surface area contributed by atoms with Crippen molar-refractivity contribution in [3.05, 3.63) is 126 Å². The minimum Gasteiger partial charge on any atom is -0.343 e. The van der Waals surface area contributed by atoms with Crippen molar-refractivity contribution in [2.24, 2.45) is 5.73 Å². The minimum absolute atomic E-state index is 0.107. The van der Waals surface area contributed by atoms with Gasteiger partial charge in [-0.05, 0) is 78.8 Å². The number of nitrogens with two attached hydrogens (primary N) is 1. The molecular formula is C40H47N5O3. The lowest BCUT2D eigenvalue weighted by atomic mass is 9.98. The first-order valence-electron chi connectivity index (χ1n) is 16.6. The fourth-order valence-electron chi connectivity index (χ4n) is 6.49. The number of carbonyl (C=O) groups excluding carboxylic acids is 3. The number of aromatic nitrogens is 1. The Kier molecular flexibility index (Phi) is 10.4. The van der Waals surface area contributed by atoms with Gasteiger partial charge in [0, 0.05) is 58.0 Å². The van der Waals surface area contributed by atoms with Crippen LogP contribution in [-0.4, -0.2) is 82.2 Å². The second kappa shape index (κ2) is 14.5. The molecule has 0 saturated heterocycles.